The van der Waals surface area contributed by atoms with Crippen LogP contribution in [0.5, 0.6) is 0 Å². The zero-order valence-electron chi connectivity index (χ0n) is 10.2. The molecular weight excluding hydrogens is 287 g/mol. The number of anilines is 1. The number of amides is 2. The van der Waals surface area contributed by atoms with E-state index in [0.717, 1.165) is 25.7 Å². The molecule has 2 N–H and O–H groups in total. The summed E-state index contributed by atoms with van der Waals surface area (Å²) in [5, 5.41) is 5.94. The van der Waals surface area contributed by atoms with Gasteiger partial charge in [-0.1, -0.05) is 36.0 Å². The van der Waals surface area contributed by atoms with Crippen molar-refractivity contribution in [3.63, 3.8) is 0 Å². The third-order valence-electron chi connectivity index (χ3n) is 3.07. The number of carbonyl (C=O) groups excluding carboxylic acids is 2. The number of hydrogen-bond acceptors (Lipinski definition) is 2. The standard InChI is InChI=1S/C13H14Cl2N2O2/c14-8-5-6-10(15)11(7-8)17-13(19)12(18)16-9-3-1-2-4-9/h5-7,9H,1-4H2,(H,16,18)(H,17,19). The van der Waals surface area contributed by atoms with Gasteiger partial charge in [-0.25, -0.2) is 0 Å². The molecule has 6 heteroatoms. The van der Waals surface area contributed by atoms with Crippen LogP contribution >= 0.6 is 23.2 Å². The van der Waals surface area contributed by atoms with Crippen LogP contribution in [-0.4, -0.2) is 17.9 Å². The highest BCUT2D eigenvalue weighted by molar-refractivity contribution is 6.42. The summed E-state index contributed by atoms with van der Waals surface area (Å²) in [4.78, 5) is 23.4. The van der Waals surface area contributed by atoms with Crippen LogP contribution in [0.3, 0.4) is 0 Å². The van der Waals surface area contributed by atoms with Crippen molar-refractivity contribution in [1.82, 2.24) is 5.32 Å². The van der Waals surface area contributed by atoms with Crippen molar-refractivity contribution in [1.29, 1.82) is 0 Å². The lowest BCUT2D eigenvalue weighted by molar-refractivity contribution is -0.136. The van der Waals surface area contributed by atoms with Gasteiger partial charge in [0.15, 0.2) is 0 Å². The van der Waals surface area contributed by atoms with E-state index in [0.29, 0.717) is 15.7 Å². The lowest BCUT2D eigenvalue weighted by Crippen LogP contribution is -2.40. The first-order chi connectivity index (χ1) is 9.06. The van der Waals surface area contributed by atoms with Crippen molar-refractivity contribution in [3.05, 3.63) is 28.2 Å². The zero-order chi connectivity index (χ0) is 13.8. The van der Waals surface area contributed by atoms with Gasteiger partial charge >= 0.3 is 11.8 Å². The SMILES string of the molecule is O=C(Nc1cc(Cl)ccc1Cl)C(=O)NC1CCCC1. The molecule has 1 saturated carbocycles. The summed E-state index contributed by atoms with van der Waals surface area (Å²) in [6.45, 7) is 0. The van der Waals surface area contributed by atoms with E-state index in [-0.39, 0.29) is 6.04 Å². The molecule has 19 heavy (non-hydrogen) atoms. The van der Waals surface area contributed by atoms with Crippen molar-refractivity contribution >= 4 is 40.7 Å². The fourth-order valence-corrected chi connectivity index (χ4v) is 2.43. The average Bonchev–Trinajstić information content (AvgIpc) is 2.86. The Morgan fingerprint density at radius 1 is 1.11 bits per heavy atom. The minimum absolute atomic E-state index is 0.105. The minimum atomic E-state index is -0.726. The van der Waals surface area contributed by atoms with Gasteiger partial charge in [0.1, 0.15) is 0 Å². The van der Waals surface area contributed by atoms with Gasteiger partial charge in [0.2, 0.25) is 0 Å². The Morgan fingerprint density at radius 2 is 1.79 bits per heavy atom. The van der Waals surface area contributed by atoms with Gasteiger partial charge in [0.25, 0.3) is 0 Å². The van der Waals surface area contributed by atoms with Gasteiger partial charge in [0.05, 0.1) is 10.7 Å². The van der Waals surface area contributed by atoms with E-state index in [1.807, 2.05) is 0 Å². The van der Waals surface area contributed by atoms with Crippen LogP contribution in [0.1, 0.15) is 25.7 Å². The molecule has 1 aliphatic rings. The van der Waals surface area contributed by atoms with Crippen LogP contribution in [0, 0.1) is 0 Å². The van der Waals surface area contributed by atoms with Crippen molar-refractivity contribution in [3.8, 4) is 0 Å². The predicted octanol–water partition coefficient (Wildman–Crippen LogP) is 2.99. The average molecular weight is 301 g/mol. The fourth-order valence-electron chi connectivity index (χ4n) is 2.09. The van der Waals surface area contributed by atoms with Gasteiger partial charge < -0.3 is 10.6 Å². The topological polar surface area (TPSA) is 58.2 Å². The molecule has 0 bridgehead atoms. The molecule has 4 nitrogen and oxygen atoms in total. The monoisotopic (exact) mass is 300 g/mol. The highest BCUT2D eigenvalue weighted by Gasteiger charge is 2.21. The normalized spacial score (nSPS) is 15.3. The number of halogens is 2. The van der Waals surface area contributed by atoms with Gasteiger partial charge in [-0.2, -0.15) is 0 Å². The van der Waals surface area contributed by atoms with Crippen LogP contribution in [0.4, 0.5) is 5.69 Å². The molecule has 1 aliphatic carbocycles. The number of benzene rings is 1. The summed E-state index contributed by atoms with van der Waals surface area (Å²) >= 11 is 11.7. The molecule has 0 aromatic heterocycles. The van der Waals surface area contributed by atoms with Crippen molar-refractivity contribution in [2.75, 3.05) is 5.32 Å². The third-order valence-corrected chi connectivity index (χ3v) is 3.64. The molecule has 1 aromatic rings. The van der Waals surface area contributed by atoms with Crippen LogP contribution in [-0.2, 0) is 9.59 Å². The van der Waals surface area contributed by atoms with Gasteiger partial charge in [-0.05, 0) is 31.0 Å². The van der Waals surface area contributed by atoms with E-state index in [1.165, 1.54) is 6.07 Å². The largest absolute Gasteiger partial charge is 0.345 e. The maximum Gasteiger partial charge on any atom is 0.313 e. The number of rotatable bonds is 2. The summed E-state index contributed by atoms with van der Waals surface area (Å²) in [5.41, 5.74) is 0.334. The first-order valence-electron chi connectivity index (χ1n) is 6.13. The Morgan fingerprint density at radius 3 is 2.47 bits per heavy atom. The van der Waals surface area contributed by atoms with E-state index in [4.69, 9.17) is 23.2 Å². The Bertz CT molecular complexity index is 499. The van der Waals surface area contributed by atoms with E-state index < -0.39 is 11.8 Å². The molecule has 0 atom stereocenters. The third kappa shape index (κ3) is 3.85. The first-order valence-corrected chi connectivity index (χ1v) is 6.89. The summed E-state index contributed by atoms with van der Waals surface area (Å²) in [7, 11) is 0. The molecule has 0 saturated heterocycles. The second kappa shape index (κ2) is 6.26. The lowest BCUT2D eigenvalue weighted by Gasteiger charge is -2.12. The molecule has 0 aliphatic heterocycles. The number of carbonyl (C=O) groups is 2. The zero-order valence-corrected chi connectivity index (χ0v) is 11.7. The molecule has 1 aromatic carbocycles. The Labute approximate surface area is 121 Å². The van der Waals surface area contributed by atoms with Gasteiger partial charge in [-0.15, -0.1) is 0 Å². The first kappa shape index (κ1) is 14.2. The number of nitrogens with one attached hydrogen (secondary N) is 2. The molecule has 2 amide bonds. The van der Waals surface area contributed by atoms with E-state index in [9.17, 15) is 9.59 Å². The molecule has 1 fully saturated rings. The molecule has 0 heterocycles. The smallest absolute Gasteiger partial charge is 0.313 e. The van der Waals surface area contributed by atoms with Gasteiger partial charge in [-0.3, -0.25) is 9.59 Å². The summed E-state index contributed by atoms with van der Waals surface area (Å²) < 4.78 is 0. The quantitative estimate of drug-likeness (QED) is 0.825. The van der Waals surface area contributed by atoms with E-state index in [1.54, 1.807) is 12.1 Å². The lowest BCUT2D eigenvalue weighted by atomic mass is 10.2. The summed E-state index contributed by atoms with van der Waals surface area (Å²) in [6.07, 6.45) is 4.03. The Kier molecular flexibility index (Phi) is 4.66. The van der Waals surface area contributed by atoms with Crippen molar-refractivity contribution in [2.45, 2.75) is 31.7 Å². The summed E-state index contributed by atoms with van der Waals surface area (Å²) in [5.74, 6) is -1.36. The maximum absolute atomic E-state index is 11.7. The van der Waals surface area contributed by atoms with E-state index in [2.05, 4.69) is 10.6 Å². The van der Waals surface area contributed by atoms with Crippen LogP contribution < -0.4 is 10.6 Å². The second-order valence-corrected chi connectivity index (χ2v) is 5.38. The molecule has 0 spiro atoms. The fraction of sp³-hybridized carbons (Fsp3) is 0.385. The maximum atomic E-state index is 11.7. The molecular formula is C13H14Cl2N2O2. The van der Waals surface area contributed by atoms with Crippen LogP contribution in [0.25, 0.3) is 0 Å². The van der Waals surface area contributed by atoms with Crippen LogP contribution in [0.2, 0.25) is 10.0 Å². The minimum Gasteiger partial charge on any atom is -0.345 e. The summed E-state index contributed by atoms with van der Waals surface area (Å²) in [6, 6.07) is 4.78. The molecule has 2 rings (SSSR count). The molecule has 102 valence electrons. The van der Waals surface area contributed by atoms with Crippen LogP contribution in [0.15, 0.2) is 18.2 Å². The second-order valence-electron chi connectivity index (χ2n) is 4.53. The molecule has 0 radical (unpaired) electrons. The molecule has 0 unspecified atom stereocenters. The van der Waals surface area contributed by atoms with Crippen molar-refractivity contribution in [2.24, 2.45) is 0 Å². The highest BCUT2D eigenvalue weighted by Crippen LogP contribution is 2.25. The van der Waals surface area contributed by atoms with E-state index >= 15 is 0 Å². The predicted molar refractivity (Wildman–Crippen MR) is 75.5 cm³/mol. The number of hydrogen-bond donors (Lipinski definition) is 2. The Balaban J connectivity index is 1.96. The van der Waals surface area contributed by atoms with Crippen molar-refractivity contribution < 1.29 is 9.59 Å². The highest BCUT2D eigenvalue weighted by atomic mass is 35.5. The van der Waals surface area contributed by atoms with Gasteiger partial charge in [0, 0.05) is 11.1 Å². The Hall–Kier alpha value is -1.26.